The van der Waals surface area contributed by atoms with Crippen LogP contribution in [0.3, 0.4) is 0 Å². The molecule has 23 heavy (non-hydrogen) atoms. The molecule has 0 saturated carbocycles. The first-order chi connectivity index (χ1) is 11.2. The lowest BCUT2D eigenvalue weighted by molar-refractivity contribution is -0.117. The van der Waals surface area contributed by atoms with Crippen molar-refractivity contribution in [3.05, 3.63) is 58.9 Å². The maximum Gasteiger partial charge on any atom is 0.249 e. The molecule has 0 bridgehead atoms. The lowest BCUT2D eigenvalue weighted by Crippen LogP contribution is -2.25. The van der Waals surface area contributed by atoms with Crippen LogP contribution in [0.5, 0.6) is 0 Å². The number of anilines is 1. The summed E-state index contributed by atoms with van der Waals surface area (Å²) in [6, 6.07) is 10.1. The second-order valence-corrected chi connectivity index (χ2v) is 5.57. The topological polar surface area (TPSA) is 71.4 Å². The van der Waals surface area contributed by atoms with E-state index in [0.29, 0.717) is 28.5 Å². The fraction of sp³-hybridized carbons (Fsp3) is 0.176. The molecule has 0 spiro atoms. The third-order valence-electron chi connectivity index (χ3n) is 3.55. The molecule has 1 N–H and O–H groups in total. The number of nitrogens with zero attached hydrogens (tertiary/aromatic N) is 2. The Morgan fingerprint density at radius 2 is 2.13 bits per heavy atom. The summed E-state index contributed by atoms with van der Waals surface area (Å²) in [6.45, 7) is 0. The van der Waals surface area contributed by atoms with E-state index in [1.807, 2.05) is 18.2 Å². The summed E-state index contributed by atoms with van der Waals surface area (Å²) in [4.78, 5) is 31.9. The minimum atomic E-state index is -0.636. The summed E-state index contributed by atoms with van der Waals surface area (Å²) >= 11 is 6.10. The molecule has 0 saturated heterocycles. The zero-order chi connectivity index (χ0) is 16.2. The minimum Gasteiger partial charge on any atom is -0.324 e. The summed E-state index contributed by atoms with van der Waals surface area (Å²) < 4.78 is 0. The molecule has 0 unspecified atom stereocenters. The number of amides is 1. The number of carbonyl (C=O) groups is 2. The smallest absolute Gasteiger partial charge is 0.249 e. The van der Waals surface area contributed by atoms with E-state index in [0.717, 1.165) is 11.8 Å². The molecule has 2 aromatic rings. The van der Waals surface area contributed by atoms with E-state index in [9.17, 15) is 9.59 Å². The molecule has 1 atom stereocenters. The van der Waals surface area contributed by atoms with Gasteiger partial charge in [0, 0.05) is 23.2 Å². The summed E-state index contributed by atoms with van der Waals surface area (Å²) in [5.41, 5.74) is 2.61. The predicted octanol–water partition coefficient (Wildman–Crippen LogP) is 2.87. The van der Waals surface area contributed by atoms with E-state index in [1.165, 1.54) is 0 Å². The number of rotatable bonds is 4. The van der Waals surface area contributed by atoms with Gasteiger partial charge in [-0.2, -0.15) is 0 Å². The van der Waals surface area contributed by atoms with Gasteiger partial charge in [0.15, 0.2) is 0 Å². The number of aldehydes is 1. The maximum absolute atomic E-state index is 12.4. The number of carbonyl (C=O) groups excluding carboxylic acids is 2. The van der Waals surface area contributed by atoms with E-state index in [2.05, 4.69) is 15.3 Å². The number of hydrogen-bond acceptors (Lipinski definition) is 4. The molecule has 3 rings (SSSR count). The highest BCUT2D eigenvalue weighted by molar-refractivity contribution is 6.31. The van der Waals surface area contributed by atoms with Crippen molar-refractivity contribution in [2.24, 2.45) is 4.99 Å². The lowest BCUT2D eigenvalue weighted by Gasteiger charge is -2.09. The Morgan fingerprint density at radius 1 is 1.26 bits per heavy atom. The Morgan fingerprint density at radius 3 is 2.87 bits per heavy atom. The van der Waals surface area contributed by atoms with Gasteiger partial charge in [-0.1, -0.05) is 17.7 Å². The van der Waals surface area contributed by atoms with Crippen molar-refractivity contribution in [3.63, 3.8) is 0 Å². The highest BCUT2D eigenvalue weighted by Gasteiger charge is 2.26. The normalized spacial score (nSPS) is 16.8. The van der Waals surface area contributed by atoms with E-state index in [4.69, 9.17) is 11.6 Å². The van der Waals surface area contributed by atoms with E-state index in [1.54, 1.807) is 24.4 Å². The van der Waals surface area contributed by atoms with Gasteiger partial charge in [0.2, 0.25) is 5.91 Å². The number of halogens is 1. The average molecular weight is 328 g/mol. The van der Waals surface area contributed by atoms with Gasteiger partial charge in [0.25, 0.3) is 0 Å². The standard InChI is InChI=1S/C17H14ClN3O2/c18-11-6-7-13-12(10-11)16(14-4-1-2-8-19-14)20-15(5-3-9-22)17(23)21-13/h1-2,4,6-10,15H,3,5H2,(H,21,23)/t15-/m0/s1. The number of hydrogen-bond donors (Lipinski definition) is 1. The van der Waals surface area contributed by atoms with Gasteiger partial charge < -0.3 is 10.1 Å². The van der Waals surface area contributed by atoms with Crippen molar-refractivity contribution in [1.82, 2.24) is 4.98 Å². The molecule has 0 aliphatic carbocycles. The second kappa shape index (κ2) is 6.71. The zero-order valence-corrected chi connectivity index (χ0v) is 13.0. The first-order valence-corrected chi connectivity index (χ1v) is 7.60. The largest absolute Gasteiger partial charge is 0.324 e. The molecular formula is C17H14ClN3O2. The van der Waals surface area contributed by atoms with Gasteiger partial charge in [-0.15, -0.1) is 0 Å². The number of benzene rings is 1. The molecule has 1 amide bonds. The molecule has 2 heterocycles. The van der Waals surface area contributed by atoms with Crippen LogP contribution in [0.25, 0.3) is 0 Å². The quantitative estimate of drug-likeness (QED) is 0.878. The SMILES string of the molecule is O=CCC[C@@H]1N=C(c2ccccn2)c2cc(Cl)ccc2NC1=O. The van der Waals surface area contributed by atoms with Crippen molar-refractivity contribution in [2.45, 2.75) is 18.9 Å². The van der Waals surface area contributed by atoms with Gasteiger partial charge in [-0.3, -0.25) is 14.8 Å². The Bertz CT molecular complexity index is 775. The summed E-state index contributed by atoms with van der Waals surface area (Å²) in [6.07, 6.45) is 3.09. The maximum atomic E-state index is 12.4. The average Bonchev–Trinajstić information content (AvgIpc) is 2.70. The van der Waals surface area contributed by atoms with Crippen LogP contribution >= 0.6 is 11.6 Å². The van der Waals surface area contributed by atoms with Crippen molar-refractivity contribution in [3.8, 4) is 0 Å². The number of aromatic nitrogens is 1. The third kappa shape index (κ3) is 3.29. The number of fused-ring (bicyclic) bond motifs is 1. The van der Waals surface area contributed by atoms with E-state index >= 15 is 0 Å². The highest BCUT2D eigenvalue weighted by Crippen LogP contribution is 2.27. The molecule has 5 nitrogen and oxygen atoms in total. The Balaban J connectivity index is 2.14. The Labute approximate surface area is 138 Å². The summed E-state index contributed by atoms with van der Waals surface area (Å²) in [5, 5.41) is 3.40. The van der Waals surface area contributed by atoms with Crippen molar-refractivity contribution in [1.29, 1.82) is 0 Å². The van der Waals surface area contributed by atoms with Gasteiger partial charge in [-0.05, 0) is 36.8 Å². The molecule has 1 aliphatic heterocycles. The van der Waals surface area contributed by atoms with Crippen LogP contribution in [0.1, 0.15) is 24.1 Å². The summed E-state index contributed by atoms with van der Waals surface area (Å²) in [7, 11) is 0. The second-order valence-electron chi connectivity index (χ2n) is 5.13. The predicted molar refractivity (Wildman–Crippen MR) is 89.0 cm³/mol. The van der Waals surface area contributed by atoms with Crippen molar-refractivity contribution >= 4 is 35.2 Å². The Hall–Kier alpha value is -2.53. The molecule has 1 aliphatic rings. The van der Waals surface area contributed by atoms with Gasteiger partial charge in [-0.25, -0.2) is 0 Å². The van der Waals surface area contributed by atoms with Crippen molar-refractivity contribution < 1.29 is 9.59 Å². The van der Waals surface area contributed by atoms with Gasteiger partial charge in [0.1, 0.15) is 12.3 Å². The van der Waals surface area contributed by atoms with Crippen LogP contribution in [-0.2, 0) is 9.59 Å². The number of nitrogens with one attached hydrogen (secondary N) is 1. The number of pyridine rings is 1. The molecule has 0 radical (unpaired) electrons. The third-order valence-corrected chi connectivity index (χ3v) is 3.78. The molecule has 0 fully saturated rings. The zero-order valence-electron chi connectivity index (χ0n) is 12.2. The Kier molecular flexibility index (Phi) is 4.48. The minimum absolute atomic E-state index is 0.235. The fourth-order valence-corrected chi connectivity index (χ4v) is 2.62. The molecule has 6 heteroatoms. The first kappa shape index (κ1) is 15.4. The van der Waals surface area contributed by atoms with Crippen LogP contribution in [0.4, 0.5) is 5.69 Å². The van der Waals surface area contributed by atoms with Crippen LogP contribution in [-0.4, -0.2) is 28.9 Å². The van der Waals surface area contributed by atoms with Crippen LogP contribution in [0.15, 0.2) is 47.6 Å². The van der Waals surface area contributed by atoms with Crippen LogP contribution < -0.4 is 5.32 Å². The number of aliphatic imine (C=N–C) groups is 1. The number of benzodiazepines with no additional fused rings is 1. The molecule has 1 aromatic heterocycles. The van der Waals surface area contributed by atoms with E-state index < -0.39 is 6.04 Å². The first-order valence-electron chi connectivity index (χ1n) is 7.22. The van der Waals surface area contributed by atoms with E-state index in [-0.39, 0.29) is 12.3 Å². The fourth-order valence-electron chi connectivity index (χ4n) is 2.45. The van der Waals surface area contributed by atoms with Crippen LogP contribution in [0.2, 0.25) is 5.02 Å². The lowest BCUT2D eigenvalue weighted by atomic mass is 10.0. The molecule has 116 valence electrons. The van der Waals surface area contributed by atoms with Gasteiger partial charge in [0.05, 0.1) is 17.1 Å². The molecular weight excluding hydrogens is 314 g/mol. The van der Waals surface area contributed by atoms with Gasteiger partial charge >= 0.3 is 0 Å². The van der Waals surface area contributed by atoms with Crippen LogP contribution in [0, 0.1) is 0 Å². The van der Waals surface area contributed by atoms with Crippen molar-refractivity contribution in [2.75, 3.05) is 5.32 Å². The molecule has 1 aromatic carbocycles. The highest BCUT2D eigenvalue weighted by atomic mass is 35.5. The summed E-state index contributed by atoms with van der Waals surface area (Å²) in [5.74, 6) is -0.235. The monoisotopic (exact) mass is 327 g/mol.